The predicted octanol–water partition coefficient (Wildman–Crippen LogP) is 2.24. The second kappa shape index (κ2) is 5.87. The van der Waals surface area contributed by atoms with Gasteiger partial charge in [0.25, 0.3) is 0 Å². The quantitative estimate of drug-likeness (QED) is 0.827. The summed E-state index contributed by atoms with van der Waals surface area (Å²) in [6.45, 7) is 5.00. The van der Waals surface area contributed by atoms with E-state index in [1.807, 2.05) is 24.3 Å². The second-order valence-corrected chi connectivity index (χ2v) is 5.27. The van der Waals surface area contributed by atoms with E-state index in [1.54, 1.807) is 0 Å². The molecule has 1 aromatic carbocycles. The first kappa shape index (κ1) is 13.6. The van der Waals surface area contributed by atoms with Crippen LogP contribution in [0.3, 0.4) is 0 Å². The molecule has 0 saturated carbocycles. The van der Waals surface area contributed by atoms with Gasteiger partial charge in [0.1, 0.15) is 5.75 Å². The molecule has 2 amide bonds. The lowest BCUT2D eigenvalue weighted by Gasteiger charge is -2.10. The average molecular weight is 261 g/mol. The molecule has 1 aliphatic rings. The van der Waals surface area contributed by atoms with Crippen molar-refractivity contribution in [3.8, 4) is 5.75 Å². The van der Waals surface area contributed by atoms with Crippen molar-refractivity contribution in [2.45, 2.75) is 32.6 Å². The number of carbonyl (C=O) groups is 2. The molecule has 4 nitrogen and oxygen atoms in total. The van der Waals surface area contributed by atoms with Crippen molar-refractivity contribution in [3.05, 3.63) is 29.8 Å². The van der Waals surface area contributed by atoms with Crippen molar-refractivity contribution in [2.24, 2.45) is 5.92 Å². The van der Waals surface area contributed by atoms with E-state index in [0.717, 1.165) is 17.7 Å². The zero-order chi connectivity index (χ0) is 13.8. The highest BCUT2D eigenvalue weighted by Crippen LogP contribution is 2.26. The molecule has 1 saturated heterocycles. The predicted molar refractivity (Wildman–Crippen MR) is 71.9 cm³/mol. The molecule has 2 rings (SSSR count). The van der Waals surface area contributed by atoms with Crippen LogP contribution in [-0.4, -0.2) is 18.4 Å². The highest BCUT2D eigenvalue weighted by atomic mass is 16.5. The first-order valence-electron chi connectivity index (χ1n) is 6.62. The van der Waals surface area contributed by atoms with Crippen molar-refractivity contribution in [1.82, 2.24) is 5.32 Å². The monoisotopic (exact) mass is 261 g/mol. The van der Waals surface area contributed by atoms with Crippen LogP contribution in [0, 0.1) is 5.92 Å². The molecule has 1 fully saturated rings. The number of hydrogen-bond acceptors (Lipinski definition) is 3. The molecule has 0 aromatic heterocycles. The molecule has 1 N–H and O–H groups in total. The molecule has 4 heteroatoms. The Kier molecular flexibility index (Phi) is 4.20. The maximum Gasteiger partial charge on any atom is 0.234 e. The number of rotatable bonds is 5. The molecular weight excluding hydrogens is 242 g/mol. The smallest absolute Gasteiger partial charge is 0.234 e. The Bertz CT molecular complexity index is 465. The minimum Gasteiger partial charge on any atom is -0.494 e. The van der Waals surface area contributed by atoms with Crippen molar-refractivity contribution in [2.75, 3.05) is 6.61 Å². The van der Waals surface area contributed by atoms with Crippen LogP contribution < -0.4 is 10.1 Å². The largest absolute Gasteiger partial charge is 0.494 e. The van der Waals surface area contributed by atoms with Crippen molar-refractivity contribution >= 4 is 11.8 Å². The van der Waals surface area contributed by atoms with E-state index in [0.29, 0.717) is 12.5 Å². The molecule has 1 heterocycles. The number of benzene rings is 1. The lowest BCUT2D eigenvalue weighted by molar-refractivity contribution is -0.125. The molecule has 102 valence electrons. The van der Waals surface area contributed by atoms with Crippen molar-refractivity contribution < 1.29 is 14.3 Å². The van der Waals surface area contributed by atoms with Gasteiger partial charge >= 0.3 is 0 Å². The van der Waals surface area contributed by atoms with Crippen LogP contribution in [0.15, 0.2) is 24.3 Å². The third kappa shape index (κ3) is 3.56. The lowest BCUT2D eigenvalue weighted by Crippen LogP contribution is -2.21. The number of imide groups is 1. The van der Waals surface area contributed by atoms with Crippen LogP contribution in [-0.2, 0) is 9.59 Å². The Morgan fingerprint density at radius 1 is 1.26 bits per heavy atom. The van der Waals surface area contributed by atoms with E-state index in [9.17, 15) is 9.59 Å². The zero-order valence-corrected chi connectivity index (χ0v) is 11.3. The van der Waals surface area contributed by atoms with E-state index in [4.69, 9.17) is 4.74 Å². The van der Waals surface area contributed by atoms with Gasteiger partial charge in [-0.3, -0.25) is 14.9 Å². The summed E-state index contributed by atoms with van der Waals surface area (Å²) < 4.78 is 5.61. The Hall–Kier alpha value is -1.84. The van der Waals surface area contributed by atoms with Gasteiger partial charge in [-0.05, 0) is 30.0 Å². The highest BCUT2D eigenvalue weighted by Gasteiger charge is 2.31. The number of amides is 2. The maximum atomic E-state index is 11.6. The van der Waals surface area contributed by atoms with Gasteiger partial charge < -0.3 is 4.74 Å². The van der Waals surface area contributed by atoms with Gasteiger partial charge in [0, 0.05) is 6.42 Å². The maximum absolute atomic E-state index is 11.6. The minimum absolute atomic E-state index is 0.202. The van der Waals surface area contributed by atoms with Crippen molar-refractivity contribution in [1.29, 1.82) is 0 Å². The van der Waals surface area contributed by atoms with E-state index >= 15 is 0 Å². The van der Waals surface area contributed by atoms with Crippen LogP contribution in [0.2, 0.25) is 0 Å². The van der Waals surface area contributed by atoms with Crippen LogP contribution in [0.5, 0.6) is 5.75 Å². The molecule has 0 radical (unpaired) electrons. The standard InChI is InChI=1S/C15H19NO3/c1-10(2)7-8-19-12-5-3-11(4-6-12)13-9-14(17)16-15(13)18/h3-6,10,13H,7-9H2,1-2H3,(H,16,17,18). The first-order chi connectivity index (χ1) is 9.06. The topological polar surface area (TPSA) is 55.4 Å². The van der Waals surface area contributed by atoms with Gasteiger partial charge in [-0.25, -0.2) is 0 Å². The normalized spacial score (nSPS) is 18.8. The summed E-state index contributed by atoms with van der Waals surface area (Å²) in [6.07, 6.45) is 1.26. The van der Waals surface area contributed by atoms with E-state index in [-0.39, 0.29) is 24.2 Å². The molecule has 0 bridgehead atoms. The lowest BCUT2D eigenvalue weighted by atomic mass is 9.98. The fourth-order valence-corrected chi connectivity index (χ4v) is 2.03. The molecule has 0 aliphatic carbocycles. The van der Waals surface area contributed by atoms with Crippen LogP contribution in [0.1, 0.15) is 38.2 Å². The summed E-state index contributed by atoms with van der Waals surface area (Å²) >= 11 is 0. The average Bonchev–Trinajstić information content (AvgIpc) is 2.69. The van der Waals surface area contributed by atoms with Gasteiger partial charge in [-0.2, -0.15) is 0 Å². The van der Waals surface area contributed by atoms with Gasteiger partial charge in [-0.1, -0.05) is 26.0 Å². The summed E-state index contributed by atoms with van der Waals surface area (Å²) in [5, 5.41) is 2.32. The van der Waals surface area contributed by atoms with Gasteiger partial charge in [0.2, 0.25) is 11.8 Å². The molecule has 1 unspecified atom stereocenters. The van der Waals surface area contributed by atoms with Gasteiger partial charge in [0.15, 0.2) is 0 Å². The second-order valence-electron chi connectivity index (χ2n) is 5.27. The SMILES string of the molecule is CC(C)CCOc1ccc(C2CC(=O)NC2=O)cc1. The van der Waals surface area contributed by atoms with E-state index in [2.05, 4.69) is 19.2 Å². The Morgan fingerprint density at radius 3 is 2.47 bits per heavy atom. The molecule has 19 heavy (non-hydrogen) atoms. The summed E-state index contributed by atoms with van der Waals surface area (Å²) in [4.78, 5) is 22.7. The summed E-state index contributed by atoms with van der Waals surface area (Å²) in [7, 11) is 0. The zero-order valence-electron chi connectivity index (χ0n) is 11.3. The highest BCUT2D eigenvalue weighted by molar-refractivity contribution is 6.06. The first-order valence-corrected chi connectivity index (χ1v) is 6.62. The Labute approximate surface area is 113 Å². The van der Waals surface area contributed by atoms with E-state index in [1.165, 1.54) is 0 Å². The Morgan fingerprint density at radius 2 is 1.95 bits per heavy atom. The number of ether oxygens (including phenoxy) is 1. The molecule has 1 aliphatic heterocycles. The molecular formula is C15H19NO3. The van der Waals surface area contributed by atoms with Crippen LogP contribution in [0.4, 0.5) is 0 Å². The molecule has 1 aromatic rings. The molecule has 1 atom stereocenters. The van der Waals surface area contributed by atoms with E-state index < -0.39 is 0 Å². The number of carbonyl (C=O) groups excluding carboxylic acids is 2. The minimum atomic E-state index is -0.350. The number of nitrogens with one attached hydrogen (secondary N) is 1. The van der Waals surface area contributed by atoms with Crippen LogP contribution >= 0.6 is 0 Å². The fraction of sp³-hybridized carbons (Fsp3) is 0.467. The number of hydrogen-bond donors (Lipinski definition) is 1. The summed E-state index contributed by atoms with van der Waals surface area (Å²) in [5.74, 6) is 0.657. The molecule has 0 spiro atoms. The Balaban J connectivity index is 1.95. The summed E-state index contributed by atoms with van der Waals surface area (Å²) in [6, 6.07) is 7.42. The summed E-state index contributed by atoms with van der Waals surface area (Å²) in [5.41, 5.74) is 0.861. The van der Waals surface area contributed by atoms with Gasteiger partial charge in [0.05, 0.1) is 12.5 Å². The third-order valence-corrected chi connectivity index (χ3v) is 3.22. The fourth-order valence-electron chi connectivity index (χ4n) is 2.03. The van der Waals surface area contributed by atoms with Gasteiger partial charge in [-0.15, -0.1) is 0 Å². The third-order valence-electron chi connectivity index (χ3n) is 3.22. The van der Waals surface area contributed by atoms with Crippen LogP contribution in [0.25, 0.3) is 0 Å². The van der Waals surface area contributed by atoms with Crippen molar-refractivity contribution in [3.63, 3.8) is 0 Å².